The Hall–Kier alpha value is -2.16. The second-order valence-corrected chi connectivity index (χ2v) is 16.9. The number of aryl methyl sites for hydroxylation is 2. The Balaban J connectivity index is 1.40. The van der Waals surface area contributed by atoms with Crippen molar-refractivity contribution in [3.63, 3.8) is 0 Å². The lowest BCUT2D eigenvalue weighted by Gasteiger charge is -2.36. The van der Waals surface area contributed by atoms with Crippen LogP contribution in [0, 0.1) is 25.7 Å². The highest BCUT2D eigenvalue weighted by molar-refractivity contribution is 7.89. The first-order chi connectivity index (χ1) is 20.2. The van der Waals surface area contributed by atoms with E-state index in [1.807, 2.05) is 48.6 Å². The van der Waals surface area contributed by atoms with E-state index in [2.05, 4.69) is 0 Å². The van der Waals surface area contributed by atoms with Gasteiger partial charge in [0.2, 0.25) is 10.0 Å². The fourth-order valence-electron chi connectivity index (χ4n) is 8.14. The summed E-state index contributed by atoms with van der Waals surface area (Å²) in [6.07, 6.45) is 15.2. The van der Waals surface area contributed by atoms with Crippen molar-refractivity contribution in [2.24, 2.45) is 11.8 Å². The van der Waals surface area contributed by atoms with Crippen molar-refractivity contribution in [2.75, 3.05) is 0 Å². The number of nitrogens with zero attached hydrogens (tertiary/aromatic N) is 2. The molecule has 0 unspecified atom stereocenters. The van der Waals surface area contributed by atoms with Crippen molar-refractivity contribution in [1.29, 1.82) is 0 Å². The summed E-state index contributed by atoms with van der Waals surface area (Å²) in [6.45, 7) is 3.93. The SMILES string of the molecule is Cc1ccc(S(=O)(=O)N2C=C([C@H]3CC[C@@H](C4CCCCC4)N3S(=O)(=O)c3ccc(C)cc3)C[C@H]2C2CCCCC2)cc1. The second kappa shape index (κ2) is 12.1. The summed E-state index contributed by atoms with van der Waals surface area (Å²) in [6, 6.07) is 13.8. The normalized spacial score (nSPS) is 27.0. The highest BCUT2D eigenvalue weighted by atomic mass is 32.2. The average molecular weight is 611 g/mol. The quantitative estimate of drug-likeness (QED) is 0.329. The summed E-state index contributed by atoms with van der Waals surface area (Å²) >= 11 is 0. The molecule has 2 saturated carbocycles. The monoisotopic (exact) mass is 610 g/mol. The van der Waals surface area contributed by atoms with E-state index in [1.54, 1.807) is 28.6 Å². The minimum Gasteiger partial charge on any atom is -0.270 e. The largest absolute Gasteiger partial charge is 0.270 e. The van der Waals surface area contributed by atoms with E-state index in [0.717, 1.165) is 80.9 Å². The standard InChI is InChI=1S/C34H46N2O4S2/c1-25-13-17-30(18-14-25)41(37,38)35-24-29(23-34(35)28-11-7-4-8-12-28)33-22-21-32(27-9-5-3-6-10-27)36(33)42(39,40)31-19-15-26(2)16-20-31/h13-20,24,27-28,32-34H,3-12,21-23H2,1-2H3/t32-,33+,34-/m0/s1. The lowest BCUT2D eigenvalue weighted by atomic mass is 9.82. The average Bonchev–Trinajstić information content (AvgIpc) is 3.65. The molecule has 1 saturated heterocycles. The highest BCUT2D eigenvalue weighted by Gasteiger charge is 2.49. The maximum atomic E-state index is 14.4. The van der Waals surface area contributed by atoms with Gasteiger partial charge in [0.1, 0.15) is 0 Å². The van der Waals surface area contributed by atoms with E-state index in [1.165, 1.54) is 12.8 Å². The number of hydrogen-bond acceptors (Lipinski definition) is 4. The van der Waals surface area contributed by atoms with Crippen LogP contribution in [0.5, 0.6) is 0 Å². The molecule has 3 atom stereocenters. The first-order valence-corrected chi connectivity index (χ1v) is 19.0. The molecule has 0 spiro atoms. The van der Waals surface area contributed by atoms with Crippen molar-refractivity contribution < 1.29 is 16.8 Å². The van der Waals surface area contributed by atoms with Gasteiger partial charge in [-0.2, -0.15) is 4.31 Å². The van der Waals surface area contributed by atoms with E-state index < -0.39 is 20.0 Å². The van der Waals surface area contributed by atoms with E-state index in [0.29, 0.717) is 22.1 Å². The van der Waals surface area contributed by atoms with Crippen LogP contribution in [0.1, 0.15) is 94.6 Å². The Morgan fingerprint density at radius 2 is 1.05 bits per heavy atom. The molecule has 0 radical (unpaired) electrons. The minimum atomic E-state index is -3.77. The molecule has 0 bridgehead atoms. The topological polar surface area (TPSA) is 74.8 Å². The summed E-state index contributed by atoms with van der Waals surface area (Å²) in [4.78, 5) is 0.648. The first-order valence-electron chi connectivity index (χ1n) is 16.1. The minimum absolute atomic E-state index is 0.0432. The van der Waals surface area contributed by atoms with E-state index in [-0.39, 0.29) is 24.0 Å². The Bertz CT molecular complexity index is 1490. The molecule has 2 aliphatic heterocycles. The maximum absolute atomic E-state index is 14.4. The summed E-state index contributed by atoms with van der Waals surface area (Å²) in [5.74, 6) is 0.637. The fourth-order valence-corrected chi connectivity index (χ4v) is 11.7. The summed E-state index contributed by atoms with van der Waals surface area (Å²) in [7, 11) is -7.54. The molecular weight excluding hydrogens is 565 g/mol. The third-order valence-corrected chi connectivity index (χ3v) is 14.2. The predicted octanol–water partition coefficient (Wildman–Crippen LogP) is 7.33. The molecule has 2 aliphatic carbocycles. The molecule has 0 amide bonds. The Labute approximate surface area is 253 Å². The maximum Gasteiger partial charge on any atom is 0.264 e. The van der Waals surface area contributed by atoms with Gasteiger partial charge in [0, 0.05) is 18.3 Å². The molecule has 2 aromatic rings. The van der Waals surface area contributed by atoms with Gasteiger partial charge < -0.3 is 0 Å². The molecule has 2 heterocycles. The zero-order valence-electron chi connectivity index (χ0n) is 25.1. The molecule has 6 nitrogen and oxygen atoms in total. The zero-order valence-corrected chi connectivity index (χ0v) is 26.8. The molecule has 228 valence electrons. The van der Waals surface area contributed by atoms with Gasteiger partial charge in [-0.05, 0) is 100 Å². The molecule has 3 fully saturated rings. The number of hydrogen-bond donors (Lipinski definition) is 0. The van der Waals surface area contributed by atoms with Gasteiger partial charge in [-0.25, -0.2) is 16.8 Å². The summed E-state index contributed by atoms with van der Waals surface area (Å²) in [5, 5.41) is 0. The van der Waals surface area contributed by atoms with Gasteiger partial charge in [-0.15, -0.1) is 0 Å². The second-order valence-electron chi connectivity index (χ2n) is 13.2. The molecule has 0 aromatic heterocycles. The van der Waals surface area contributed by atoms with Gasteiger partial charge in [0.25, 0.3) is 10.0 Å². The number of sulfonamides is 2. The fraction of sp³-hybridized carbons (Fsp3) is 0.588. The molecule has 4 aliphatic rings. The Morgan fingerprint density at radius 1 is 0.571 bits per heavy atom. The van der Waals surface area contributed by atoms with Gasteiger partial charge in [0.15, 0.2) is 0 Å². The smallest absolute Gasteiger partial charge is 0.264 e. The van der Waals surface area contributed by atoms with Crippen LogP contribution in [0.25, 0.3) is 0 Å². The van der Waals surface area contributed by atoms with Crippen LogP contribution in [0.2, 0.25) is 0 Å². The molecule has 0 N–H and O–H groups in total. The molecule has 42 heavy (non-hydrogen) atoms. The van der Waals surface area contributed by atoms with Crippen LogP contribution >= 0.6 is 0 Å². The van der Waals surface area contributed by atoms with E-state index in [4.69, 9.17) is 0 Å². The number of benzene rings is 2. The predicted molar refractivity (Wildman–Crippen MR) is 167 cm³/mol. The summed E-state index contributed by atoms with van der Waals surface area (Å²) < 4.78 is 60.7. The van der Waals surface area contributed by atoms with Crippen LogP contribution < -0.4 is 0 Å². The third kappa shape index (κ3) is 5.71. The van der Waals surface area contributed by atoms with Gasteiger partial charge in [0.05, 0.1) is 15.8 Å². The highest BCUT2D eigenvalue weighted by Crippen LogP contribution is 2.46. The van der Waals surface area contributed by atoms with Crippen LogP contribution in [0.15, 0.2) is 70.1 Å². The Morgan fingerprint density at radius 3 is 1.57 bits per heavy atom. The molecule has 2 aromatic carbocycles. The van der Waals surface area contributed by atoms with Crippen molar-refractivity contribution >= 4 is 20.0 Å². The molecular formula is C34H46N2O4S2. The lowest BCUT2D eigenvalue weighted by Crippen LogP contribution is -2.45. The van der Waals surface area contributed by atoms with Crippen molar-refractivity contribution in [3.05, 3.63) is 71.4 Å². The van der Waals surface area contributed by atoms with E-state index >= 15 is 0 Å². The van der Waals surface area contributed by atoms with Gasteiger partial charge in [-0.1, -0.05) is 73.9 Å². The first kappa shape index (κ1) is 29.9. The van der Waals surface area contributed by atoms with Crippen molar-refractivity contribution in [3.8, 4) is 0 Å². The molecule has 8 heteroatoms. The Kier molecular flexibility index (Phi) is 8.60. The molecule has 6 rings (SSSR count). The third-order valence-electron chi connectivity index (χ3n) is 10.4. The van der Waals surface area contributed by atoms with Gasteiger partial charge >= 0.3 is 0 Å². The van der Waals surface area contributed by atoms with E-state index in [9.17, 15) is 16.8 Å². The van der Waals surface area contributed by atoms with Crippen LogP contribution in [-0.4, -0.2) is 43.6 Å². The van der Waals surface area contributed by atoms with Gasteiger partial charge in [-0.3, -0.25) is 4.31 Å². The lowest BCUT2D eigenvalue weighted by molar-refractivity contribution is 0.209. The van der Waals surface area contributed by atoms with Crippen LogP contribution in [0.4, 0.5) is 0 Å². The summed E-state index contributed by atoms with van der Waals surface area (Å²) in [5.41, 5.74) is 3.02. The van der Waals surface area contributed by atoms with Crippen molar-refractivity contribution in [1.82, 2.24) is 8.61 Å². The number of rotatable bonds is 7. The zero-order chi connectivity index (χ0) is 29.5. The van der Waals surface area contributed by atoms with Crippen LogP contribution in [-0.2, 0) is 20.0 Å². The van der Waals surface area contributed by atoms with Crippen LogP contribution in [0.3, 0.4) is 0 Å². The van der Waals surface area contributed by atoms with Crippen molar-refractivity contribution in [2.45, 2.75) is 125 Å².